The summed E-state index contributed by atoms with van der Waals surface area (Å²) in [6, 6.07) is 11.1. The average Bonchev–Trinajstić information content (AvgIpc) is 3.34. The zero-order valence-electron chi connectivity index (χ0n) is 16.8. The zero-order valence-corrected chi connectivity index (χ0v) is 18.5. The minimum Gasteiger partial charge on any atom is -0.459 e. The standard InChI is InChI=1S/C20H20N6O4S2/c27-18(17-3-1-14-30-17)25-10-12-26(13-11-25)20(31)23-15-4-6-16(7-5-15)32(28,29)24-19-21-8-2-9-22-19/h1-9,14H,10-13H2,(H,23,31)(H,21,22,24). The molecule has 3 aromatic rings. The Morgan fingerprint density at radius 2 is 1.62 bits per heavy atom. The highest BCUT2D eigenvalue weighted by molar-refractivity contribution is 7.92. The van der Waals surface area contributed by atoms with E-state index in [0.29, 0.717) is 42.7 Å². The monoisotopic (exact) mass is 472 g/mol. The minimum absolute atomic E-state index is 0.000510. The van der Waals surface area contributed by atoms with E-state index in [2.05, 4.69) is 20.0 Å². The molecule has 1 aliphatic heterocycles. The van der Waals surface area contributed by atoms with Crippen molar-refractivity contribution in [2.45, 2.75) is 4.90 Å². The van der Waals surface area contributed by atoms with Crippen molar-refractivity contribution in [1.82, 2.24) is 19.8 Å². The lowest BCUT2D eigenvalue weighted by Gasteiger charge is -2.35. The van der Waals surface area contributed by atoms with Gasteiger partial charge in [-0.1, -0.05) is 0 Å². The molecule has 0 spiro atoms. The van der Waals surface area contributed by atoms with E-state index in [-0.39, 0.29) is 16.8 Å². The molecule has 0 radical (unpaired) electrons. The second kappa shape index (κ2) is 9.32. The highest BCUT2D eigenvalue weighted by atomic mass is 32.2. The molecule has 1 fully saturated rings. The van der Waals surface area contributed by atoms with Crippen LogP contribution in [0.25, 0.3) is 0 Å². The minimum atomic E-state index is -3.80. The maximum Gasteiger partial charge on any atom is 0.289 e. The number of sulfonamides is 1. The van der Waals surface area contributed by atoms with Gasteiger partial charge in [0.05, 0.1) is 11.2 Å². The Hall–Kier alpha value is -3.51. The molecule has 1 aliphatic rings. The number of hydrogen-bond acceptors (Lipinski definition) is 7. The molecular weight excluding hydrogens is 452 g/mol. The SMILES string of the molecule is O=C(c1ccco1)N1CCN(C(=S)Nc2ccc(S(=O)(=O)Nc3ncccn3)cc2)CC1. The summed E-state index contributed by atoms with van der Waals surface area (Å²) in [5.74, 6) is 0.183. The molecule has 0 bridgehead atoms. The van der Waals surface area contributed by atoms with Gasteiger partial charge in [-0.3, -0.25) is 4.79 Å². The van der Waals surface area contributed by atoms with Gasteiger partial charge in [0, 0.05) is 44.3 Å². The van der Waals surface area contributed by atoms with E-state index in [4.69, 9.17) is 16.6 Å². The number of furan rings is 1. The van der Waals surface area contributed by atoms with Crippen LogP contribution in [0.1, 0.15) is 10.6 Å². The van der Waals surface area contributed by atoms with Crippen molar-refractivity contribution < 1.29 is 17.6 Å². The van der Waals surface area contributed by atoms with Crippen LogP contribution in [0.3, 0.4) is 0 Å². The van der Waals surface area contributed by atoms with Crippen LogP contribution in [-0.2, 0) is 10.0 Å². The van der Waals surface area contributed by atoms with Crippen LogP contribution in [0.15, 0.2) is 70.4 Å². The molecule has 10 nitrogen and oxygen atoms in total. The number of aromatic nitrogens is 2. The predicted molar refractivity (Wildman–Crippen MR) is 122 cm³/mol. The smallest absolute Gasteiger partial charge is 0.289 e. The Kier molecular flexibility index (Phi) is 6.32. The number of carbonyl (C=O) groups excluding carboxylic acids is 1. The largest absolute Gasteiger partial charge is 0.459 e. The van der Waals surface area contributed by atoms with Crippen molar-refractivity contribution >= 4 is 44.9 Å². The molecule has 1 amide bonds. The van der Waals surface area contributed by atoms with Gasteiger partial charge in [0.15, 0.2) is 10.9 Å². The maximum atomic E-state index is 12.5. The average molecular weight is 473 g/mol. The van der Waals surface area contributed by atoms with E-state index in [1.165, 1.54) is 30.8 Å². The van der Waals surface area contributed by atoms with Crippen LogP contribution >= 0.6 is 12.2 Å². The molecular formula is C20H20N6O4S2. The summed E-state index contributed by atoms with van der Waals surface area (Å²) in [4.78, 5) is 23.8. The lowest BCUT2D eigenvalue weighted by molar-refractivity contribution is 0.0661. The topological polar surface area (TPSA) is 121 Å². The third-order valence-electron chi connectivity index (χ3n) is 4.79. The summed E-state index contributed by atoms with van der Waals surface area (Å²) in [5, 5.41) is 3.61. The zero-order chi connectivity index (χ0) is 22.6. The number of carbonyl (C=O) groups is 1. The molecule has 3 heterocycles. The second-order valence-electron chi connectivity index (χ2n) is 6.89. The molecule has 2 aromatic heterocycles. The fourth-order valence-corrected chi connectivity index (χ4v) is 4.38. The molecule has 0 unspecified atom stereocenters. The Morgan fingerprint density at radius 3 is 2.25 bits per heavy atom. The van der Waals surface area contributed by atoms with E-state index in [1.807, 2.05) is 4.90 Å². The van der Waals surface area contributed by atoms with Crippen molar-refractivity contribution in [3.63, 3.8) is 0 Å². The van der Waals surface area contributed by atoms with E-state index in [1.54, 1.807) is 35.2 Å². The molecule has 166 valence electrons. The van der Waals surface area contributed by atoms with Gasteiger partial charge in [-0.05, 0) is 54.7 Å². The van der Waals surface area contributed by atoms with E-state index in [9.17, 15) is 13.2 Å². The Bertz CT molecular complexity index is 1180. The van der Waals surface area contributed by atoms with Gasteiger partial charge in [0.25, 0.3) is 15.9 Å². The normalized spacial score (nSPS) is 14.1. The van der Waals surface area contributed by atoms with Gasteiger partial charge in [-0.25, -0.2) is 23.1 Å². The fraction of sp³-hybridized carbons (Fsp3) is 0.200. The third-order valence-corrected chi connectivity index (χ3v) is 6.50. The number of hydrogen-bond donors (Lipinski definition) is 2. The molecule has 0 atom stereocenters. The quantitative estimate of drug-likeness (QED) is 0.537. The third kappa shape index (κ3) is 5.03. The van der Waals surface area contributed by atoms with Crippen molar-refractivity contribution in [3.05, 3.63) is 66.9 Å². The van der Waals surface area contributed by atoms with Crippen LogP contribution < -0.4 is 10.0 Å². The number of thiocarbonyl (C=S) groups is 1. The lowest BCUT2D eigenvalue weighted by atomic mass is 10.3. The van der Waals surface area contributed by atoms with Crippen LogP contribution in [0.4, 0.5) is 11.6 Å². The number of piperazine rings is 1. The molecule has 2 N–H and O–H groups in total. The first-order valence-electron chi connectivity index (χ1n) is 9.71. The van der Waals surface area contributed by atoms with Gasteiger partial charge in [-0.2, -0.15) is 0 Å². The molecule has 12 heteroatoms. The molecule has 1 saturated heterocycles. The van der Waals surface area contributed by atoms with Crippen LogP contribution in [-0.4, -0.2) is 65.4 Å². The van der Waals surface area contributed by atoms with Crippen LogP contribution in [0, 0.1) is 0 Å². The summed E-state index contributed by atoms with van der Waals surface area (Å²) in [5.41, 5.74) is 0.652. The highest BCUT2D eigenvalue weighted by Gasteiger charge is 2.25. The predicted octanol–water partition coefficient (Wildman–Crippen LogP) is 2.03. The van der Waals surface area contributed by atoms with Crippen molar-refractivity contribution in [3.8, 4) is 0 Å². The summed E-state index contributed by atoms with van der Waals surface area (Å²) in [6.07, 6.45) is 4.38. The maximum absolute atomic E-state index is 12.5. The van der Waals surface area contributed by atoms with Crippen molar-refractivity contribution in [2.24, 2.45) is 0 Å². The van der Waals surface area contributed by atoms with Crippen LogP contribution in [0.2, 0.25) is 0 Å². The van der Waals surface area contributed by atoms with Crippen molar-refractivity contribution in [1.29, 1.82) is 0 Å². The fourth-order valence-electron chi connectivity index (χ4n) is 3.12. The second-order valence-corrected chi connectivity index (χ2v) is 8.96. The summed E-state index contributed by atoms with van der Waals surface area (Å²) >= 11 is 5.48. The summed E-state index contributed by atoms with van der Waals surface area (Å²) < 4.78 is 32.4. The van der Waals surface area contributed by atoms with Gasteiger partial charge in [-0.15, -0.1) is 0 Å². The summed E-state index contributed by atoms with van der Waals surface area (Å²) in [6.45, 7) is 2.19. The van der Waals surface area contributed by atoms with Gasteiger partial charge >= 0.3 is 0 Å². The number of nitrogens with one attached hydrogen (secondary N) is 2. The Morgan fingerprint density at radius 1 is 0.969 bits per heavy atom. The van der Waals surface area contributed by atoms with Gasteiger partial charge in [0.2, 0.25) is 5.95 Å². The Balaban J connectivity index is 1.32. The van der Waals surface area contributed by atoms with Crippen LogP contribution in [0.5, 0.6) is 0 Å². The number of benzene rings is 1. The van der Waals surface area contributed by atoms with E-state index < -0.39 is 10.0 Å². The molecule has 32 heavy (non-hydrogen) atoms. The Labute approximate surface area is 190 Å². The molecule has 0 aliphatic carbocycles. The number of amides is 1. The number of nitrogens with zero attached hydrogens (tertiary/aromatic N) is 4. The molecule has 4 rings (SSSR count). The number of rotatable bonds is 5. The van der Waals surface area contributed by atoms with E-state index >= 15 is 0 Å². The lowest BCUT2D eigenvalue weighted by Crippen LogP contribution is -2.51. The first kappa shape index (κ1) is 21.7. The van der Waals surface area contributed by atoms with Crippen molar-refractivity contribution in [2.75, 3.05) is 36.2 Å². The summed E-state index contributed by atoms with van der Waals surface area (Å²) in [7, 11) is -3.80. The van der Waals surface area contributed by atoms with Gasteiger partial charge < -0.3 is 19.5 Å². The molecule has 0 saturated carbocycles. The first-order valence-corrected chi connectivity index (χ1v) is 11.6. The van der Waals surface area contributed by atoms with E-state index in [0.717, 1.165) is 0 Å². The van der Waals surface area contributed by atoms with Gasteiger partial charge in [0.1, 0.15) is 0 Å². The molecule has 1 aromatic carbocycles. The first-order chi connectivity index (χ1) is 15.4. The highest BCUT2D eigenvalue weighted by Crippen LogP contribution is 2.17. The number of anilines is 2.